The number of benzene rings is 3. The van der Waals surface area contributed by atoms with Gasteiger partial charge < -0.3 is 20.6 Å². The summed E-state index contributed by atoms with van der Waals surface area (Å²) in [6, 6.07) is 18.0. The average molecular weight is 427 g/mol. The van der Waals surface area contributed by atoms with Gasteiger partial charge in [-0.2, -0.15) is 0 Å². The minimum Gasteiger partial charge on any atom is -0.497 e. The number of H-pyrrole nitrogens is 1. The number of para-hydroxylation sites is 1. The van der Waals surface area contributed by atoms with Crippen LogP contribution in [-0.2, 0) is 19.3 Å². The molecule has 0 aliphatic heterocycles. The van der Waals surface area contributed by atoms with Crippen LogP contribution in [-0.4, -0.2) is 29.7 Å². The number of aromatic nitrogens is 1. The van der Waals surface area contributed by atoms with Gasteiger partial charge in [0.2, 0.25) is 5.91 Å². The predicted molar refractivity (Wildman–Crippen MR) is 126 cm³/mol. The van der Waals surface area contributed by atoms with Crippen molar-refractivity contribution in [3.63, 3.8) is 0 Å². The number of hydrogen-bond donors (Lipinski definition) is 3. The minimum atomic E-state index is -0.465. The Labute approximate surface area is 186 Å². The fourth-order valence-corrected chi connectivity index (χ4v) is 4.97. The van der Waals surface area contributed by atoms with Crippen LogP contribution in [0.3, 0.4) is 0 Å². The van der Waals surface area contributed by atoms with Crippen LogP contribution in [0.1, 0.15) is 38.5 Å². The molecule has 1 heterocycles. The summed E-state index contributed by atoms with van der Waals surface area (Å²) >= 11 is 0. The Hall–Kier alpha value is -3.57. The SMILES string of the molecule is COc1ccc2c(c1)-c1cc(C(N)=O)cc([C@H](CO)Cc3c[nH]c4ccccc34)c1CC2. The number of carbonyl (C=O) groups is 1. The van der Waals surface area contributed by atoms with E-state index in [4.69, 9.17) is 10.5 Å². The van der Waals surface area contributed by atoms with Crippen molar-refractivity contribution in [1.82, 2.24) is 4.98 Å². The average Bonchev–Trinajstić information content (AvgIpc) is 3.24. The van der Waals surface area contributed by atoms with Gasteiger partial charge in [-0.15, -0.1) is 0 Å². The van der Waals surface area contributed by atoms with Gasteiger partial charge in [-0.1, -0.05) is 24.3 Å². The monoisotopic (exact) mass is 426 g/mol. The molecule has 1 aromatic heterocycles. The molecule has 5 nitrogen and oxygen atoms in total. The third kappa shape index (κ3) is 3.45. The van der Waals surface area contributed by atoms with E-state index in [-0.39, 0.29) is 12.5 Å². The van der Waals surface area contributed by atoms with E-state index in [1.807, 2.05) is 48.7 Å². The number of carbonyl (C=O) groups excluding carboxylic acids is 1. The van der Waals surface area contributed by atoms with Crippen LogP contribution < -0.4 is 10.5 Å². The van der Waals surface area contributed by atoms with Crippen molar-refractivity contribution in [1.29, 1.82) is 0 Å². The Balaban J connectivity index is 1.64. The van der Waals surface area contributed by atoms with Gasteiger partial charge in [0, 0.05) is 28.6 Å². The number of nitrogens with one attached hydrogen (secondary N) is 1. The molecule has 3 aromatic carbocycles. The van der Waals surface area contributed by atoms with Gasteiger partial charge in [0.25, 0.3) is 0 Å². The number of aryl methyl sites for hydroxylation is 1. The summed E-state index contributed by atoms with van der Waals surface area (Å²) in [6.07, 6.45) is 4.44. The second kappa shape index (κ2) is 8.17. The van der Waals surface area contributed by atoms with Gasteiger partial charge >= 0.3 is 0 Å². The molecular weight excluding hydrogens is 400 g/mol. The Morgan fingerprint density at radius 3 is 2.75 bits per heavy atom. The fourth-order valence-electron chi connectivity index (χ4n) is 4.97. The van der Waals surface area contributed by atoms with Crippen LogP contribution in [0.25, 0.3) is 22.0 Å². The molecule has 1 aliphatic rings. The summed E-state index contributed by atoms with van der Waals surface area (Å²) in [5.74, 6) is 0.169. The normalized spacial score (nSPS) is 13.4. The standard InChI is InChI=1S/C27H26N2O3/c1-32-20-8-6-16-7-9-22-23(11-17(27(28)31)12-25(22)24(16)13-20)19(15-30)10-18-14-29-26-5-3-2-4-21(18)26/h2-6,8,11-14,19,29-30H,7,9-10,15H2,1H3,(H2,28,31)/t19-/m0/s1. The molecule has 0 spiro atoms. The molecule has 5 heteroatoms. The number of amides is 1. The van der Waals surface area contributed by atoms with Crippen molar-refractivity contribution in [2.75, 3.05) is 13.7 Å². The molecule has 1 atom stereocenters. The van der Waals surface area contributed by atoms with Crippen molar-refractivity contribution < 1.29 is 14.6 Å². The number of ether oxygens (including phenoxy) is 1. The highest BCUT2D eigenvalue weighted by Gasteiger charge is 2.26. The summed E-state index contributed by atoms with van der Waals surface area (Å²) < 4.78 is 5.45. The van der Waals surface area contributed by atoms with Crippen molar-refractivity contribution in [2.45, 2.75) is 25.2 Å². The second-order valence-electron chi connectivity index (χ2n) is 8.42. The molecular formula is C27H26N2O3. The lowest BCUT2D eigenvalue weighted by Gasteiger charge is -2.27. The molecule has 4 aromatic rings. The molecule has 32 heavy (non-hydrogen) atoms. The van der Waals surface area contributed by atoms with E-state index in [0.717, 1.165) is 51.7 Å². The van der Waals surface area contributed by atoms with Crippen molar-refractivity contribution in [2.24, 2.45) is 5.73 Å². The van der Waals surface area contributed by atoms with Crippen LogP contribution in [0.2, 0.25) is 0 Å². The molecule has 5 rings (SSSR count). The molecule has 4 N–H and O–H groups in total. The van der Waals surface area contributed by atoms with Crippen molar-refractivity contribution in [3.05, 3.63) is 88.6 Å². The number of primary amides is 1. The van der Waals surface area contributed by atoms with Crippen LogP contribution in [0.4, 0.5) is 0 Å². The topological polar surface area (TPSA) is 88.3 Å². The zero-order valence-electron chi connectivity index (χ0n) is 18.0. The van der Waals surface area contributed by atoms with Gasteiger partial charge in [0.1, 0.15) is 5.75 Å². The first-order valence-electron chi connectivity index (χ1n) is 10.9. The first-order valence-corrected chi connectivity index (χ1v) is 10.9. The maximum absolute atomic E-state index is 12.2. The highest BCUT2D eigenvalue weighted by Crippen LogP contribution is 2.41. The largest absolute Gasteiger partial charge is 0.497 e. The van der Waals surface area contributed by atoms with E-state index >= 15 is 0 Å². The van der Waals surface area contributed by atoms with E-state index in [1.54, 1.807) is 7.11 Å². The number of aromatic amines is 1. The highest BCUT2D eigenvalue weighted by molar-refractivity contribution is 5.95. The lowest BCUT2D eigenvalue weighted by molar-refractivity contribution is 0.1000. The Kier molecular flexibility index (Phi) is 5.19. The maximum Gasteiger partial charge on any atom is 0.248 e. The Bertz CT molecular complexity index is 1320. The lowest BCUT2D eigenvalue weighted by atomic mass is 9.78. The van der Waals surface area contributed by atoms with Crippen molar-refractivity contribution in [3.8, 4) is 16.9 Å². The van der Waals surface area contributed by atoms with Gasteiger partial charge in [-0.3, -0.25) is 4.79 Å². The molecule has 0 unspecified atom stereocenters. The molecule has 0 bridgehead atoms. The van der Waals surface area contributed by atoms with Crippen LogP contribution in [0, 0.1) is 0 Å². The number of hydrogen-bond acceptors (Lipinski definition) is 3. The summed E-state index contributed by atoms with van der Waals surface area (Å²) in [7, 11) is 1.65. The Morgan fingerprint density at radius 2 is 1.97 bits per heavy atom. The van der Waals surface area contributed by atoms with Gasteiger partial charge in [-0.05, 0) is 83.0 Å². The van der Waals surface area contributed by atoms with E-state index < -0.39 is 5.91 Å². The first kappa shape index (κ1) is 20.3. The van der Waals surface area contributed by atoms with Gasteiger partial charge in [0.05, 0.1) is 13.7 Å². The summed E-state index contributed by atoms with van der Waals surface area (Å²) in [6.45, 7) is -0.0148. The van der Waals surface area contributed by atoms with Crippen LogP contribution in [0.5, 0.6) is 5.75 Å². The van der Waals surface area contributed by atoms with E-state index in [1.165, 1.54) is 11.1 Å². The van der Waals surface area contributed by atoms with Crippen molar-refractivity contribution >= 4 is 16.8 Å². The number of methoxy groups -OCH3 is 1. The highest BCUT2D eigenvalue weighted by atomic mass is 16.5. The van der Waals surface area contributed by atoms with E-state index in [9.17, 15) is 9.90 Å². The molecule has 0 fully saturated rings. The van der Waals surface area contributed by atoms with Crippen LogP contribution >= 0.6 is 0 Å². The summed E-state index contributed by atoms with van der Waals surface area (Å²) in [4.78, 5) is 15.5. The second-order valence-corrected chi connectivity index (χ2v) is 8.42. The van der Waals surface area contributed by atoms with Gasteiger partial charge in [-0.25, -0.2) is 0 Å². The van der Waals surface area contributed by atoms with Gasteiger partial charge in [0.15, 0.2) is 0 Å². The quantitative estimate of drug-likeness (QED) is 0.428. The lowest BCUT2D eigenvalue weighted by Crippen LogP contribution is -2.18. The Morgan fingerprint density at radius 1 is 1.12 bits per heavy atom. The first-order chi connectivity index (χ1) is 15.6. The fraction of sp³-hybridized carbons (Fsp3) is 0.222. The molecule has 0 saturated carbocycles. The predicted octanol–water partition coefficient (Wildman–Crippen LogP) is 4.36. The molecule has 0 radical (unpaired) electrons. The minimum absolute atomic E-state index is 0.0148. The maximum atomic E-state index is 12.2. The molecule has 1 amide bonds. The van der Waals surface area contributed by atoms with E-state index in [2.05, 4.69) is 17.1 Å². The number of aliphatic hydroxyl groups excluding tert-OH is 1. The molecule has 1 aliphatic carbocycles. The van der Waals surface area contributed by atoms with E-state index in [0.29, 0.717) is 12.0 Å². The van der Waals surface area contributed by atoms with Crippen LogP contribution in [0.15, 0.2) is 60.8 Å². The number of nitrogens with two attached hydrogens (primary N) is 1. The zero-order chi connectivity index (χ0) is 22.2. The number of aliphatic hydroxyl groups is 1. The zero-order valence-corrected chi connectivity index (χ0v) is 18.0. The smallest absolute Gasteiger partial charge is 0.248 e. The number of rotatable bonds is 6. The third-order valence-electron chi connectivity index (χ3n) is 6.62. The summed E-state index contributed by atoms with van der Waals surface area (Å²) in [5.41, 5.74) is 13.9. The molecule has 162 valence electrons. The summed E-state index contributed by atoms with van der Waals surface area (Å²) in [5, 5.41) is 11.6. The third-order valence-corrected chi connectivity index (χ3v) is 6.62. The number of fused-ring (bicyclic) bond motifs is 4. The molecule has 0 saturated heterocycles.